The number of hydrogen-bond acceptors (Lipinski definition) is 5. The number of pyridine rings is 1. The van der Waals surface area contributed by atoms with Crippen molar-refractivity contribution in [1.82, 2.24) is 4.98 Å². The summed E-state index contributed by atoms with van der Waals surface area (Å²) in [6.07, 6.45) is 6.22. The van der Waals surface area contributed by atoms with Crippen molar-refractivity contribution in [2.75, 3.05) is 11.9 Å². The van der Waals surface area contributed by atoms with Crippen molar-refractivity contribution in [3.8, 4) is 5.75 Å². The van der Waals surface area contributed by atoms with Gasteiger partial charge in [0.2, 0.25) is 0 Å². The summed E-state index contributed by atoms with van der Waals surface area (Å²) in [5.74, 6) is 2.07. The zero-order valence-corrected chi connectivity index (χ0v) is 14.3. The highest BCUT2D eigenvalue weighted by Crippen LogP contribution is 2.37. The Morgan fingerprint density at radius 1 is 1.40 bits per heavy atom. The molecule has 3 rings (SSSR count). The Bertz CT molecular complexity index is 825. The maximum atomic E-state index is 5.86. The molecule has 0 saturated heterocycles. The van der Waals surface area contributed by atoms with Crippen LogP contribution in [0, 0.1) is 0 Å². The first-order chi connectivity index (χ1) is 12.1. The fraction of sp³-hybridized carbons (Fsp3) is 0.200. The quantitative estimate of drug-likeness (QED) is 0.793. The molecule has 2 aromatic rings. The molecule has 0 amide bonds. The normalized spacial score (nSPS) is 13.6. The number of nitrogens with one attached hydrogen (secondary N) is 1. The van der Waals surface area contributed by atoms with Gasteiger partial charge >= 0.3 is 0 Å². The summed E-state index contributed by atoms with van der Waals surface area (Å²) in [4.78, 5) is 8.58. The van der Waals surface area contributed by atoms with Crippen LogP contribution in [0.3, 0.4) is 0 Å². The minimum atomic E-state index is 0.282. The first-order valence-electron chi connectivity index (χ1n) is 8.23. The van der Waals surface area contributed by atoms with Gasteiger partial charge < -0.3 is 15.8 Å². The molecule has 1 aliphatic heterocycles. The Kier molecular flexibility index (Phi) is 5.14. The molecule has 0 aliphatic carbocycles. The van der Waals surface area contributed by atoms with Crippen molar-refractivity contribution in [2.45, 2.75) is 19.9 Å². The van der Waals surface area contributed by atoms with E-state index in [0.717, 1.165) is 41.2 Å². The molecule has 0 saturated carbocycles. The van der Waals surface area contributed by atoms with Gasteiger partial charge in [-0.25, -0.2) is 9.98 Å². The molecule has 0 radical (unpaired) electrons. The number of hydrogen-bond donors (Lipinski definition) is 2. The fourth-order valence-corrected chi connectivity index (χ4v) is 2.74. The van der Waals surface area contributed by atoms with Crippen molar-refractivity contribution < 1.29 is 4.74 Å². The van der Waals surface area contributed by atoms with Crippen molar-refractivity contribution in [2.24, 2.45) is 10.7 Å². The number of benzene rings is 1. The number of allylic oxidation sites excluding steroid dienone is 2. The Balaban J connectivity index is 1.82. The molecule has 0 fully saturated rings. The summed E-state index contributed by atoms with van der Waals surface area (Å²) in [6.45, 7) is 6.96. The summed E-state index contributed by atoms with van der Waals surface area (Å²) >= 11 is 0. The lowest BCUT2D eigenvalue weighted by atomic mass is 10.0. The summed E-state index contributed by atoms with van der Waals surface area (Å²) in [5.41, 5.74) is 9.78. The van der Waals surface area contributed by atoms with Crippen LogP contribution in [0.25, 0.3) is 5.57 Å². The second-order valence-corrected chi connectivity index (χ2v) is 5.88. The van der Waals surface area contributed by atoms with Crippen LogP contribution in [0.15, 0.2) is 60.0 Å². The Morgan fingerprint density at radius 2 is 2.20 bits per heavy atom. The highest BCUT2D eigenvalue weighted by Gasteiger charge is 2.22. The number of aliphatic imine (C=N–C) groups is 1. The van der Waals surface area contributed by atoms with Crippen LogP contribution < -0.4 is 15.8 Å². The number of rotatable bonds is 6. The van der Waals surface area contributed by atoms with Crippen molar-refractivity contribution >= 4 is 17.6 Å². The summed E-state index contributed by atoms with van der Waals surface area (Å²) < 4.78 is 5.86. The topological polar surface area (TPSA) is 72.5 Å². The molecular formula is C20H22N4O. The predicted octanol–water partition coefficient (Wildman–Crippen LogP) is 3.53. The fourth-order valence-electron chi connectivity index (χ4n) is 2.74. The number of fused-ring (bicyclic) bond motifs is 1. The number of nitrogens with two attached hydrogens (primary N) is 1. The van der Waals surface area contributed by atoms with Gasteiger partial charge in [0.05, 0.1) is 6.61 Å². The summed E-state index contributed by atoms with van der Waals surface area (Å²) in [6, 6.07) is 10.3. The smallest absolute Gasteiger partial charge is 0.135 e. The molecule has 1 aliphatic rings. The summed E-state index contributed by atoms with van der Waals surface area (Å²) in [7, 11) is 0. The van der Waals surface area contributed by atoms with E-state index in [1.54, 1.807) is 6.21 Å². The Morgan fingerprint density at radius 3 is 2.96 bits per heavy atom. The predicted molar refractivity (Wildman–Crippen MR) is 103 cm³/mol. The van der Waals surface area contributed by atoms with E-state index in [1.807, 2.05) is 37.4 Å². The van der Waals surface area contributed by atoms with Crippen LogP contribution in [0.2, 0.25) is 0 Å². The van der Waals surface area contributed by atoms with Gasteiger partial charge in [-0.1, -0.05) is 36.9 Å². The molecule has 0 spiro atoms. The van der Waals surface area contributed by atoms with Gasteiger partial charge in [0.25, 0.3) is 0 Å². The van der Waals surface area contributed by atoms with Gasteiger partial charge in [-0.2, -0.15) is 0 Å². The minimum Gasteiger partial charge on any atom is -0.492 e. The molecule has 5 heteroatoms. The summed E-state index contributed by atoms with van der Waals surface area (Å²) in [5, 5.41) is 3.42. The van der Waals surface area contributed by atoms with E-state index in [2.05, 4.69) is 34.0 Å². The van der Waals surface area contributed by atoms with E-state index in [0.29, 0.717) is 6.61 Å². The first-order valence-corrected chi connectivity index (χ1v) is 8.23. The highest BCUT2D eigenvalue weighted by molar-refractivity contribution is 5.86. The second kappa shape index (κ2) is 7.66. The molecule has 5 nitrogen and oxygen atoms in total. The number of aromatic nitrogens is 1. The third kappa shape index (κ3) is 4.07. The molecule has 3 N–H and O–H groups in total. The first kappa shape index (κ1) is 16.8. The van der Waals surface area contributed by atoms with E-state index < -0.39 is 0 Å². The van der Waals surface area contributed by atoms with Gasteiger partial charge in [0.1, 0.15) is 17.4 Å². The molecule has 0 bridgehead atoms. The van der Waals surface area contributed by atoms with Gasteiger partial charge in [0, 0.05) is 36.5 Å². The lowest BCUT2D eigenvalue weighted by Crippen LogP contribution is -2.04. The standard InChI is InChI=1S/C20H22N4O/c1-14(8-10-22-15(2)21)18-13-24-20(17-9-11-25-19(17)18)23-12-16-6-4-3-5-7-16/h3-8,10,13H,2,9,11-12,21H2,1H3,(H,23,24)/b14-8+,22-10?. The van der Waals surface area contributed by atoms with Crippen LogP contribution in [0.5, 0.6) is 5.75 Å². The van der Waals surface area contributed by atoms with Crippen molar-refractivity contribution in [3.63, 3.8) is 0 Å². The Hall–Kier alpha value is -3.08. The van der Waals surface area contributed by atoms with Crippen LogP contribution >= 0.6 is 0 Å². The molecule has 0 unspecified atom stereocenters. The number of nitrogens with zero attached hydrogens (tertiary/aromatic N) is 2. The van der Waals surface area contributed by atoms with E-state index in [-0.39, 0.29) is 5.82 Å². The molecule has 0 atom stereocenters. The van der Waals surface area contributed by atoms with Crippen LogP contribution in [0.4, 0.5) is 5.82 Å². The van der Waals surface area contributed by atoms with Gasteiger partial charge in [-0.15, -0.1) is 0 Å². The maximum absolute atomic E-state index is 5.86. The molecular weight excluding hydrogens is 312 g/mol. The zero-order chi connectivity index (χ0) is 17.6. The van der Waals surface area contributed by atoms with Crippen LogP contribution in [-0.4, -0.2) is 17.8 Å². The van der Waals surface area contributed by atoms with Crippen molar-refractivity contribution in [1.29, 1.82) is 0 Å². The van der Waals surface area contributed by atoms with E-state index in [4.69, 9.17) is 10.5 Å². The van der Waals surface area contributed by atoms with Gasteiger partial charge in [0.15, 0.2) is 0 Å². The zero-order valence-electron chi connectivity index (χ0n) is 14.3. The third-order valence-corrected chi connectivity index (χ3v) is 4.02. The molecule has 1 aromatic heterocycles. The lowest BCUT2D eigenvalue weighted by Gasteiger charge is -2.13. The monoisotopic (exact) mass is 334 g/mol. The number of anilines is 1. The minimum absolute atomic E-state index is 0.282. The van der Waals surface area contributed by atoms with Crippen molar-refractivity contribution in [3.05, 3.63) is 71.7 Å². The van der Waals surface area contributed by atoms with E-state index in [1.165, 1.54) is 5.56 Å². The average Bonchev–Trinajstić information content (AvgIpc) is 3.10. The number of ether oxygens (including phenoxy) is 1. The second-order valence-electron chi connectivity index (χ2n) is 5.88. The maximum Gasteiger partial charge on any atom is 0.135 e. The average molecular weight is 334 g/mol. The largest absolute Gasteiger partial charge is 0.492 e. The van der Waals surface area contributed by atoms with Gasteiger partial charge in [-0.05, 0) is 24.1 Å². The highest BCUT2D eigenvalue weighted by atomic mass is 16.5. The SMILES string of the molecule is C=C(N)N=C/C=C(\C)c1cnc(NCc2ccccc2)c2c1OCC2. The van der Waals surface area contributed by atoms with Gasteiger partial charge in [-0.3, -0.25) is 0 Å². The third-order valence-electron chi connectivity index (χ3n) is 4.02. The molecule has 128 valence electrons. The van der Waals surface area contributed by atoms with E-state index >= 15 is 0 Å². The van der Waals surface area contributed by atoms with Crippen LogP contribution in [0.1, 0.15) is 23.6 Å². The molecule has 25 heavy (non-hydrogen) atoms. The molecule has 1 aromatic carbocycles. The lowest BCUT2D eigenvalue weighted by molar-refractivity contribution is 0.356. The Labute approximate surface area is 148 Å². The van der Waals surface area contributed by atoms with Crippen LogP contribution in [-0.2, 0) is 13.0 Å². The van der Waals surface area contributed by atoms with E-state index in [9.17, 15) is 0 Å². The molecule has 2 heterocycles.